The highest BCUT2D eigenvalue weighted by Crippen LogP contribution is 2.31. The molecule has 114 valence electrons. The molecule has 0 saturated carbocycles. The molecule has 0 spiro atoms. The molecule has 21 heavy (non-hydrogen) atoms. The van der Waals surface area contributed by atoms with Gasteiger partial charge in [0, 0.05) is 18.7 Å². The van der Waals surface area contributed by atoms with Crippen LogP contribution in [0.1, 0.15) is 45.1 Å². The van der Waals surface area contributed by atoms with Crippen molar-refractivity contribution >= 4 is 23.2 Å². The number of unbranched alkanes of at least 4 members (excludes halogenated alkanes) is 1. The van der Waals surface area contributed by atoms with Crippen LogP contribution in [-0.4, -0.2) is 32.7 Å². The molecule has 0 radical (unpaired) electrons. The van der Waals surface area contributed by atoms with E-state index in [9.17, 15) is 0 Å². The van der Waals surface area contributed by atoms with Crippen LogP contribution in [0.25, 0.3) is 5.78 Å². The summed E-state index contributed by atoms with van der Waals surface area (Å²) in [6, 6.07) is 0. The molecule has 6 heteroatoms. The first-order valence-electron chi connectivity index (χ1n) is 7.83. The van der Waals surface area contributed by atoms with Gasteiger partial charge in [-0.15, -0.1) is 0 Å². The number of halogens is 1. The summed E-state index contributed by atoms with van der Waals surface area (Å²) in [5.74, 6) is 2.49. The molecule has 2 aromatic rings. The molecular weight excluding hydrogens is 286 g/mol. The first-order valence-corrected chi connectivity index (χ1v) is 8.21. The Morgan fingerprint density at radius 1 is 1.33 bits per heavy atom. The van der Waals surface area contributed by atoms with Crippen LogP contribution < -0.4 is 4.90 Å². The van der Waals surface area contributed by atoms with E-state index in [0.29, 0.717) is 10.9 Å². The average molecular weight is 308 g/mol. The van der Waals surface area contributed by atoms with E-state index in [1.54, 1.807) is 6.33 Å². The van der Waals surface area contributed by atoms with E-state index >= 15 is 0 Å². The summed E-state index contributed by atoms with van der Waals surface area (Å²) >= 11 is 6.43. The van der Waals surface area contributed by atoms with E-state index in [0.717, 1.165) is 49.7 Å². The van der Waals surface area contributed by atoms with Crippen molar-refractivity contribution in [1.29, 1.82) is 0 Å². The monoisotopic (exact) mass is 307 g/mol. The largest absolute Gasteiger partial charge is 0.356 e. The first-order chi connectivity index (χ1) is 10.2. The molecule has 0 aliphatic carbocycles. The number of rotatable bonds is 4. The van der Waals surface area contributed by atoms with Gasteiger partial charge < -0.3 is 4.90 Å². The molecule has 0 bridgehead atoms. The number of nitrogens with zero attached hydrogens (tertiary/aromatic N) is 5. The van der Waals surface area contributed by atoms with Crippen molar-refractivity contribution in [2.24, 2.45) is 5.92 Å². The Morgan fingerprint density at radius 3 is 2.81 bits per heavy atom. The second kappa shape index (κ2) is 6.18. The molecule has 1 fully saturated rings. The van der Waals surface area contributed by atoms with Gasteiger partial charge in [-0.05, 0) is 31.6 Å². The van der Waals surface area contributed by atoms with Gasteiger partial charge in [0.1, 0.15) is 17.3 Å². The van der Waals surface area contributed by atoms with Crippen LogP contribution in [0.15, 0.2) is 6.33 Å². The van der Waals surface area contributed by atoms with Crippen LogP contribution in [-0.2, 0) is 6.42 Å². The van der Waals surface area contributed by atoms with Crippen LogP contribution in [0.3, 0.4) is 0 Å². The molecule has 0 amide bonds. The Hall–Kier alpha value is -1.36. The minimum atomic E-state index is 0.581. The van der Waals surface area contributed by atoms with Gasteiger partial charge in [-0.25, -0.2) is 0 Å². The van der Waals surface area contributed by atoms with Crippen LogP contribution >= 0.6 is 11.6 Å². The van der Waals surface area contributed by atoms with E-state index in [1.807, 2.05) is 4.52 Å². The van der Waals surface area contributed by atoms with Gasteiger partial charge in [-0.1, -0.05) is 31.9 Å². The van der Waals surface area contributed by atoms with Crippen molar-refractivity contribution in [3.05, 3.63) is 17.0 Å². The third kappa shape index (κ3) is 2.84. The smallest absolute Gasteiger partial charge is 0.255 e. The average Bonchev–Trinajstić information content (AvgIpc) is 2.93. The number of aromatic nitrogens is 4. The number of hydrogen-bond acceptors (Lipinski definition) is 4. The SMILES string of the molecule is CCCCc1c(Cl)nc2ncnn2c1N1CCC(C)CC1. The fourth-order valence-corrected chi connectivity index (χ4v) is 3.20. The van der Waals surface area contributed by atoms with E-state index in [2.05, 4.69) is 33.8 Å². The van der Waals surface area contributed by atoms with Crippen LogP contribution in [0.5, 0.6) is 0 Å². The number of hydrogen-bond donors (Lipinski definition) is 0. The lowest BCUT2D eigenvalue weighted by Gasteiger charge is -2.33. The van der Waals surface area contributed by atoms with Crippen molar-refractivity contribution in [3.63, 3.8) is 0 Å². The van der Waals surface area contributed by atoms with Gasteiger partial charge in [0.15, 0.2) is 0 Å². The first kappa shape index (κ1) is 14.6. The summed E-state index contributed by atoms with van der Waals surface area (Å²) in [5.41, 5.74) is 1.12. The predicted octanol–water partition coefficient (Wildman–Crippen LogP) is 3.36. The molecule has 2 aromatic heterocycles. The maximum atomic E-state index is 6.43. The second-order valence-corrected chi connectivity index (χ2v) is 6.31. The van der Waals surface area contributed by atoms with Crippen molar-refractivity contribution in [2.45, 2.75) is 46.0 Å². The summed E-state index contributed by atoms with van der Waals surface area (Å²) in [6.45, 7) is 6.61. The minimum absolute atomic E-state index is 0.581. The van der Waals surface area contributed by atoms with E-state index < -0.39 is 0 Å². The maximum absolute atomic E-state index is 6.43. The zero-order valence-electron chi connectivity index (χ0n) is 12.7. The van der Waals surface area contributed by atoms with Gasteiger partial charge in [0.25, 0.3) is 5.78 Å². The Bertz CT molecular complexity index is 616. The summed E-state index contributed by atoms with van der Waals surface area (Å²) in [4.78, 5) is 11.0. The lowest BCUT2D eigenvalue weighted by Crippen LogP contribution is -2.35. The van der Waals surface area contributed by atoms with Crippen molar-refractivity contribution in [1.82, 2.24) is 19.6 Å². The van der Waals surface area contributed by atoms with E-state index in [4.69, 9.17) is 11.6 Å². The molecule has 3 rings (SSSR count). The maximum Gasteiger partial charge on any atom is 0.255 e. The van der Waals surface area contributed by atoms with E-state index in [-0.39, 0.29) is 0 Å². The van der Waals surface area contributed by atoms with Crippen molar-refractivity contribution in [2.75, 3.05) is 18.0 Å². The fraction of sp³-hybridized carbons (Fsp3) is 0.667. The van der Waals surface area contributed by atoms with Gasteiger partial charge in [0.2, 0.25) is 0 Å². The molecule has 1 aliphatic heterocycles. The highest BCUT2D eigenvalue weighted by Gasteiger charge is 2.24. The van der Waals surface area contributed by atoms with Crippen molar-refractivity contribution < 1.29 is 0 Å². The topological polar surface area (TPSA) is 46.3 Å². The van der Waals surface area contributed by atoms with Gasteiger partial charge >= 0.3 is 0 Å². The predicted molar refractivity (Wildman–Crippen MR) is 85.0 cm³/mol. The van der Waals surface area contributed by atoms with Crippen molar-refractivity contribution in [3.8, 4) is 0 Å². The minimum Gasteiger partial charge on any atom is -0.356 e. The summed E-state index contributed by atoms with van der Waals surface area (Å²) in [7, 11) is 0. The summed E-state index contributed by atoms with van der Waals surface area (Å²) in [6.07, 6.45) is 7.17. The highest BCUT2D eigenvalue weighted by atomic mass is 35.5. The normalized spacial score (nSPS) is 16.8. The number of piperidine rings is 1. The lowest BCUT2D eigenvalue weighted by atomic mass is 9.98. The summed E-state index contributed by atoms with van der Waals surface area (Å²) < 4.78 is 1.85. The molecule has 0 aromatic carbocycles. The summed E-state index contributed by atoms with van der Waals surface area (Å²) in [5, 5.41) is 4.95. The number of fused-ring (bicyclic) bond motifs is 1. The zero-order valence-corrected chi connectivity index (χ0v) is 13.5. The molecule has 0 N–H and O–H groups in total. The molecular formula is C15H22ClN5. The number of anilines is 1. The quantitative estimate of drug-likeness (QED) is 0.813. The third-order valence-corrected chi connectivity index (χ3v) is 4.62. The van der Waals surface area contributed by atoms with E-state index in [1.165, 1.54) is 12.8 Å². The Kier molecular flexibility index (Phi) is 4.29. The Labute approximate surface area is 130 Å². The van der Waals surface area contributed by atoms with Gasteiger partial charge in [-0.2, -0.15) is 19.6 Å². The van der Waals surface area contributed by atoms with Gasteiger partial charge in [0.05, 0.1) is 0 Å². The van der Waals surface area contributed by atoms with Crippen LogP contribution in [0.4, 0.5) is 5.82 Å². The fourth-order valence-electron chi connectivity index (χ4n) is 2.95. The zero-order chi connectivity index (χ0) is 14.8. The Balaban J connectivity index is 2.05. The second-order valence-electron chi connectivity index (χ2n) is 5.95. The third-order valence-electron chi connectivity index (χ3n) is 4.31. The standard InChI is InChI=1S/C15H22ClN5/c1-3-4-5-12-13(16)19-15-17-10-18-21(15)14(12)20-8-6-11(2)7-9-20/h10-11H,3-9H2,1-2H3. The molecule has 1 saturated heterocycles. The molecule has 5 nitrogen and oxygen atoms in total. The molecule has 0 unspecified atom stereocenters. The molecule has 1 aliphatic rings. The highest BCUT2D eigenvalue weighted by molar-refractivity contribution is 6.30. The van der Waals surface area contributed by atoms with Crippen LogP contribution in [0, 0.1) is 5.92 Å². The molecule has 0 atom stereocenters. The lowest BCUT2D eigenvalue weighted by molar-refractivity contribution is 0.434. The van der Waals surface area contributed by atoms with Gasteiger partial charge in [-0.3, -0.25) is 0 Å². The van der Waals surface area contributed by atoms with Crippen LogP contribution in [0.2, 0.25) is 5.15 Å². The Morgan fingerprint density at radius 2 is 2.10 bits per heavy atom. The molecule has 3 heterocycles.